The Labute approximate surface area is 170 Å². The van der Waals surface area contributed by atoms with Crippen LogP contribution in [-0.4, -0.2) is 71.6 Å². The van der Waals surface area contributed by atoms with Crippen molar-refractivity contribution in [2.24, 2.45) is 0 Å². The first kappa shape index (κ1) is 20.5. The Hall–Kier alpha value is -2.26. The van der Waals surface area contributed by atoms with E-state index in [1.54, 1.807) is 12.1 Å². The lowest BCUT2D eigenvalue weighted by Crippen LogP contribution is -3.15. The molecule has 3 rings (SSSR count). The number of hydrogen-bond acceptors (Lipinski definition) is 4. The van der Waals surface area contributed by atoms with Crippen molar-refractivity contribution in [3.8, 4) is 0 Å². The zero-order valence-electron chi connectivity index (χ0n) is 16.1. The summed E-state index contributed by atoms with van der Waals surface area (Å²) in [6.45, 7) is 5.71. The van der Waals surface area contributed by atoms with Crippen molar-refractivity contribution in [3.05, 3.63) is 34.4 Å². The van der Waals surface area contributed by atoms with Crippen LogP contribution in [0.5, 0.6) is 0 Å². The minimum absolute atomic E-state index is 0.0581. The van der Waals surface area contributed by atoms with E-state index in [2.05, 4.69) is 10.2 Å². The number of rotatable bonds is 4. The van der Waals surface area contributed by atoms with Gasteiger partial charge in [-0.1, -0.05) is 12.8 Å². The number of benzene rings is 1. The largest absolute Gasteiger partial charge is 0.338 e. The summed E-state index contributed by atoms with van der Waals surface area (Å²) in [5.41, 5.74) is 0.796. The fraction of sp³-hybridized carbons (Fsp3) is 0.579. The maximum atomic E-state index is 12.6. The highest BCUT2D eigenvalue weighted by atomic mass is 32.1. The molecule has 8 nitrogen and oxygen atoms in total. The van der Waals surface area contributed by atoms with Gasteiger partial charge < -0.3 is 20.0 Å². The summed E-state index contributed by atoms with van der Waals surface area (Å²) in [4.78, 5) is 28.3. The molecule has 0 radical (unpaired) electrons. The van der Waals surface area contributed by atoms with Crippen LogP contribution in [0.3, 0.4) is 0 Å². The van der Waals surface area contributed by atoms with Gasteiger partial charge in [0, 0.05) is 30.9 Å². The number of thiocarbonyl (C=S) groups is 1. The van der Waals surface area contributed by atoms with Gasteiger partial charge in [0.15, 0.2) is 11.7 Å². The summed E-state index contributed by atoms with van der Waals surface area (Å²) in [5.74, 6) is 0.275. The van der Waals surface area contributed by atoms with Gasteiger partial charge in [-0.15, -0.1) is 0 Å². The summed E-state index contributed by atoms with van der Waals surface area (Å²) in [5, 5.41) is 14.5. The number of carbonyl (C=O) groups is 1. The van der Waals surface area contributed by atoms with E-state index in [1.807, 2.05) is 4.90 Å². The highest BCUT2D eigenvalue weighted by Gasteiger charge is 2.26. The number of nitrogens with one attached hydrogen (secondary N) is 2. The summed E-state index contributed by atoms with van der Waals surface area (Å²) in [6, 6.07) is 6.24. The summed E-state index contributed by atoms with van der Waals surface area (Å²) >= 11 is 5.48. The van der Waals surface area contributed by atoms with Crippen molar-refractivity contribution in [1.29, 1.82) is 0 Å². The van der Waals surface area contributed by atoms with Crippen LogP contribution in [0.2, 0.25) is 0 Å². The van der Waals surface area contributed by atoms with E-state index in [0.29, 0.717) is 11.7 Å². The molecule has 152 valence electrons. The predicted octanol–water partition coefficient (Wildman–Crippen LogP) is 0.895. The minimum atomic E-state index is -0.420. The second kappa shape index (κ2) is 9.79. The number of nitro benzene ring substituents is 1. The molecule has 0 aliphatic carbocycles. The average molecular weight is 407 g/mol. The number of nitro groups is 1. The second-order valence-corrected chi connectivity index (χ2v) is 7.83. The maximum Gasteiger partial charge on any atom is 0.277 e. The van der Waals surface area contributed by atoms with E-state index in [-0.39, 0.29) is 11.6 Å². The van der Waals surface area contributed by atoms with Gasteiger partial charge in [0.1, 0.15) is 0 Å². The molecule has 0 aromatic heterocycles. The molecule has 2 N–H and O–H groups in total. The molecule has 2 heterocycles. The number of non-ortho nitro benzene ring substituents is 1. The average Bonchev–Trinajstić information content (AvgIpc) is 2.98. The molecule has 28 heavy (non-hydrogen) atoms. The fourth-order valence-corrected chi connectivity index (χ4v) is 4.02. The van der Waals surface area contributed by atoms with Crippen LogP contribution in [0.4, 0.5) is 11.4 Å². The molecule has 2 aliphatic heterocycles. The second-order valence-electron chi connectivity index (χ2n) is 7.44. The van der Waals surface area contributed by atoms with Gasteiger partial charge in [0.25, 0.3) is 11.6 Å². The first-order chi connectivity index (χ1) is 13.5. The molecule has 0 bridgehead atoms. The smallest absolute Gasteiger partial charge is 0.277 e. The molecule has 1 amide bonds. The Morgan fingerprint density at radius 2 is 1.64 bits per heavy atom. The first-order valence-electron chi connectivity index (χ1n) is 9.94. The Morgan fingerprint density at radius 1 is 1.04 bits per heavy atom. The normalized spacial score (nSPS) is 18.4. The zero-order valence-corrected chi connectivity index (χ0v) is 16.9. The number of anilines is 1. The molecule has 0 unspecified atom stereocenters. The van der Waals surface area contributed by atoms with Crippen molar-refractivity contribution in [2.75, 3.05) is 51.1 Å². The van der Waals surface area contributed by atoms with Gasteiger partial charge in [-0.05, 0) is 37.2 Å². The topological polar surface area (TPSA) is 83.2 Å². The Bertz CT molecular complexity index is 696. The molecule has 0 spiro atoms. The van der Waals surface area contributed by atoms with Gasteiger partial charge in [-0.2, -0.15) is 0 Å². The Balaban J connectivity index is 1.43. The summed E-state index contributed by atoms with van der Waals surface area (Å²) in [6.07, 6.45) is 4.71. The molecule has 2 fully saturated rings. The van der Waals surface area contributed by atoms with Crippen molar-refractivity contribution < 1.29 is 14.6 Å². The molecule has 0 saturated carbocycles. The number of quaternary nitrogens is 1. The van der Waals surface area contributed by atoms with Gasteiger partial charge in [-0.25, -0.2) is 0 Å². The number of hydrogen-bond donors (Lipinski definition) is 2. The highest BCUT2D eigenvalue weighted by molar-refractivity contribution is 7.80. The van der Waals surface area contributed by atoms with Crippen LogP contribution in [-0.2, 0) is 4.79 Å². The SMILES string of the molecule is O=C(C[NH+]1CCN(C(=S)Nc2ccc([N+](=O)[O-])cc2)CC1)N1CCCCCC1. The molecule has 2 aliphatic rings. The Kier molecular flexibility index (Phi) is 7.16. The van der Waals surface area contributed by atoms with E-state index < -0.39 is 4.92 Å². The van der Waals surface area contributed by atoms with Crippen molar-refractivity contribution in [3.63, 3.8) is 0 Å². The molecular weight excluding hydrogens is 378 g/mol. The van der Waals surface area contributed by atoms with Gasteiger partial charge in [-0.3, -0.25) is 14.9 Å². The molecule has 0 atom stereocenters. The van der Waals surface area contributed by atoms with Crippen molar-refractivity contribution in [2.45, 2.75) is 25.7 Å². The minimum Gasteiger partial charge on any atom is -0.338 e. The highest BCUT2D eigenvalue weighted by Crippen LogP contribution is 2.16. The maximum absolute atomic E-state index is 12.6. The first-order valence-corrected chi connectivity index (χ1v) is 10.4. The predicted molar refractivity (Wildman–Crippen MR) is 112 cm³/mol. The third-order valence-corrected chi connectivity index (χ3v) is 5.81. The summed E-state index contributed by atoms with van der Waals surface area (Å²) < 4.78 is 0. The lowest BCUT2D eigenvalue weighted by Gasteiger charge is -2.34. The molecule has 1 aromatic carbocycles. The molecule has 1 aromatic rings. The Morgan fingerprint density at radius 3 is 2.21 bits per heavy atom. The molecular formula is C19H28N5O3S+. The number of nitrogens with zero attached hydrogens (tertiary/aromatic N) is 3. The van der Waals surface area contributed by atoms with Gasteiger partial charge in [0.05, 0.1) is 31.1 Å². The molecule has 9 heteroatoms. The van der Waals surface area contributed by atoms with E-state index in [0.717, 1.165) is 57.8 Å². The quantitative estimate of drug-likeness (QED) is 0.439. The van der Waals surface area contributed by atoms with Crippen molar-refractivity contribution in [1.82, 2.24) is 9.80 Å². The lowest BCUT2D eigenvalue weighted by atomic mass is 10.2. The van der Waals surface area contributed by atoms with Gasteiger partial charge >= 0.3 is 0 Å². The monoisotopic (exact) mass is 406 g/mol. The standard InChI is InChI=1S/C19H27N5O3S/c25-18(22-9-3-1-2-4-10-22)15-21-11-13-23(14-12-21)19(28)20-16-5-7-17(8-6-16)24(26)27/h5-8H,1-4,9-15H2,(H,20,28)/p+1. The van der Waals surface area contributed by atoms with Crippen molar-refractivity contribution >= 4 is 34.6 Å². The number of piperazine rings is 1. The summed E-state index contributed by atoms with van der Waals surface area (Å²) in [7, 11) is 0. The fourth-order valence-electron chi connectivity index (χ4n) is 3.72. The molecule has 2 saturated heterocycles. The lowest BCUT2D eigenvalue weighted by molar-refractivity contribution is -0.896. The number of carbonyl (C=O) groups excluding carboxylic acids is 1. The third-order valence-electron chi connectivity index (χ3n) is 5.45. The number of likely N-dealkylation sites (tertiary alicyclic amines) is 1. The van der Waals surface area contributed by atoms with Crippen LogP contribution in [0.1, 0.15) is 25.7 Å². The number of amides is 1. The van der Waals surface area contributed by atoms with E-state index in [4.69, 9.17) is 12.2 Å². The van der Waals surface area contributed by atoms with Crippen LogP contribution in [0.15, 0.2) is 24.3 Å². The van der Waals surface area contributed by atoms with Crippen LogP contribution >= 0.6 is 12.2 Å². The third kappa shape index (κ3) is 5.62. The zero-order chi connectivity index (χ0) is 19.9. The van der Waals surface area contributed by atoms with Crippen LogP contribution in [0.25, 0.3) is 0 Å². The van der Waals surface area contributed by atoms with E-state index in [9.17, 15) is 14.9 Å². The van der Waals surface area contributed by atoms with Crippen LogP contribution < -0.4 is 10.2 Å². The van der Waals surface area contributed by atoms with E-state index in [1.165, 1.54) is 29.9 Å². The van der Waals surface area contributed by atoms with Gasteiger partial charge in [0.2, 0.25) is 0 Å². The van der Waals surface area contributed by atoms with E-state index >= 15 is 0 Å². The van der Waals surface area contributed by atoms with Crippen LogP contribution in [0, 0.1) is 10.1 Å².